The summed E-state index contributed by atoms with van der Waals surface area (Å²) in [6.45, 7) is 5.09. The number of carbonyl (C=O) groups is 1. The fraction of sp³-hybridized carbons (Fsp3) is 0.923. The lowest BCUT2D eigenvalue weighted by molar-refractivity contribution is -0.146. The second-order valence-corrected chi connectivity index (χ2v) is 5.62. The Kier molecular flexibility index (Phi) is 5.56. The lowest BCUT2D eigenvalue weighted by atomic mass is 9.92. The molecule has 0 aromatic carbocycles. The molecular formula is C13H27N3O2. The molecule has 5 nitrogen and oxygen atoms in total. The fourth-order valence-electron chi connectivity index (χ4n) is 2.41. The second-order valence-electron chi connectivity index (χ2n) is 5.62. The molecule has 1 saturated carbocycles. The molecule has 0 radical (unpaired) electrons. The molecule has 18 heavy (non-hydrogen) atoms. The molecule has 2 N–H and O–H groups in total. The van der Waals surface area contributed by atoms with Gasteiger partial charge in [-0.1, -0.05) is 6.92 Å². The summed E-state index contributed by atoms with van der Waals surface area (Å²) in [6, 6.07) is 0. The van der Waals surface area contributed by atoms with Crippen LogP contribution in [0, 0.1) is 5.92 Å². The van der Waals surface area contributed by atoms with E-state index < -0.39 is 11.5 Å². The Hall–Kier alpha value is -0.650. The van der Waals surface area contributed by atoms with Gasteiger partial charge in [-0.05, 0) is 46.4 Å². The van der Waals surface area contributed by atoms with Crippen molar-refractivity contribution < 1.29 is 9.90 Å². The molecule has 0 bridgehead atoms. The standard InChI is InChI=1S/C13H27N3O2/c1-5-14-13(12(17)18,11-6-7-11)10-16(4)9-8-15(2)3/h11,14H,5-10H2,1-4H3,(H,17,18). The van der Waals surface area contributed by atoms with E-state index in [9.17, 15) is 9.90 Å². The number of carboxylic acids is 1. The quantitative estimate of drug-likeness (QED) is 0.623. The molecule has 0 heterocycles. The van der Waals surface area contributed by atoms with Gasteiger partial charge in [0.2, 0.25) is 0 Å². The van der Waals surface area contributed by atoms with Crippen LogP contribution in [0.5, 0.6) is 0 Å². The largest absolute Gasteiger partial charge is 0.480 e. The highest BCUT2D eigenvalue weighted by Crippen LogP contribution is 2.40. The van der Waals surface area contributed by atoms with Crippen molar-refractivity contribution in [2.45, 2.75) is 25.3 Å². The van der Waals surface area contributed by atoms with Gasteiger partial charge in [0.15, 0.2) is 0 Å². The summed E-state index contributed by atoms with van der Waals surface area (Å²) in [7, 11) is 6.06. The highest BCUT2D eigenvalue weighted by molar-refractivity contribution is 5.80. The first-order valence-electron chi connectivity index (χ1n) is 6.74. The average molecular weight is 257 g/mol. The number of aliphatic carboxylic acids is 1. The maximum absolute atomic E-state index is 11.7. The SMILES string of the molecule is CCNC(CN(C)CCN(C)C)(C(=O)O)C1CC1. The number of likely N-dealkylation sites (N-methyl/N-ethyl adjacent to an activating group) is 3. The third-order valence-corrected chi connectivity index (χ3v) is 3.60. The molecule has 0 amide bonds. The first kappa shape index (κ1) is 15.4. The fourth-order valence-corrected chi connectivity index (χ4v) is 2.41. The minimum absolute atomic E-state index is 0.289. The Balaban J connectivity index is 2.62. The highest BCUT2D eigenvalue weighted by Gasteiger charge is 2.51. The van der Waals surface area contributed by atoms with Crippen LogP contribution in [0.1, 0.15) is 19.8 Å². The number of hydrogen-bond acceptors (Lipinski definition) is 4. The van der Waals surface area contributed by atoms with E-state index in [2.05, 4.69) is 15.1 Å². The Labute approximate surface area is 110 Å². The van der Waals surface area contributed by atoms with Gasteiger partial charge in [0.1, 0.15) is 5.54 Å². The Morgan fingerprint density at radius 1 is 1.33 bits per heavy atom. The molecule has 1 aliphatic rings. The summed E-state index contributed by atoms with van der Waals surface area (Å²) in [4.78, 5) is 15.9. The molecule has 0 aliphatic heterocycles. The van der Waals surface area contributed by atoms with Crippen molar-refractivity contribution in [2.75, 3.05) is 47.3 Å². The van der Waals surface area contributed by atoms with E-state index in [1.54, 1.807) is 0 Å². The second kappa shape index (κ2) is 6.50. The lowest BCUT2D eigenvalue weighted by Crippen LogP contribution is -2.60. The van der Waals surface area contributed by atoms with Gasteiger partial charge in [-0.25, -0.2) is 0 Å². The molecule has 1 rings (SSSR count). The topological polar surface area (TPSA) is 55.8 Å². The van der Waals surface area contributed by atoms with Gasteiger partial charge in [-0.2, -0.15) is 0 Å². The molecule has 0 saturated heterocycles. The Morgan fingerprint density at radius 2 is 1.94 bits per heavy atom. The number of hydrogen-bond donors (Lipinski definition) is 2. The normalized spacial score (nSPS) is 19.2. The number of carboxylic acid groups (broad SMARTS) is 1. The van der Waals surface area contributed by atoms with Crippen LogP contribution in [0.4, 0.5) is 0 Å². The molecule has 1 fully saturated rings. The van der Waals surface area contributed by atoms with Crippen molar-refractivity contribution >= 4 is 5.97 Å². The van der Waals surface area contributed by atoms with Gasteiger partial charge in [0, 0.05) is 19.6 Å². The zero-order valence-electron chi connectivity index (χ0n) is 12.1. The molecule has 5 heteroatoms. The molecule has 0 spiro atoms. The third-order valence-electron chi connectivity index (χ3n) is 3.60. The van der Waals surface area contributed by atoms with Crippen molar-refractivity contribution in [3.8, 4) is 0 Å². The van der Waals surface area contributed by atoms with E-state index in [0.29, 0.717) is 13.1 Å². The van der Waals surface area contributed by atoms with Crippen LogP contribution in [0.25, 0.3) is 0 Å². The first-order chi connectivity index (χ1) is 8.42. The molecular weight excluding hydrogens is 230 g/mol. The zero-order valence-corrected chi connectivity index (χ0v) is 12.1. The van der Waals surface area contributed by atoms with E-state index >= 15 is 0 Å². The minimum atomic E-state index is -0.754. The Bertz CT molecular complexity index is 279. The maximum Gasteiger partial charge on any atom is 0.325 e. The first-order valence-corrected chi connectivity index (χ1v) is 6.74. The highest BCUT2D eigenvalue weighted by atomic mass is 16.4. The summed E-state index contributed by atoms with van der Waals surface area (Å²) >= 11 is 0. The summed E-state index contributed by atoms with van der Waals surface area (Å²) in [6.07, 6.45) is 2.06. The number of rotatable bonds is 9. The molecule has 0 aromatic rings. The van der Waals surface area contributed by atoms with Crippen LogP contribution in [0.15, 0.2) is 0 Å². The van der Waals surface area contributed by atoms with E-state index in [4.69, 9.17) is 0 Å². The van der Waals surface area contributed by atoms with Crippen LogP contribution in [-0.4, -0.2) is 73.7 Å². The van der Waals surface area contributed by atoms with Gasteiger partial charge in [-0.15, -0.1) is 0 Å². The predicted octanol–water partition coefficient (Wildman–Crippen LogP) is 0.323. The van der Waals surface area contributed by atoms with Crippen LogP contribution in [0.3, 0.4) is 0 Å². The van der Waals surface area contributed by atoms with Gasteiger partial charge >= 0.3 is 5.97 Å². The van der Waals surface area contributed by atoms with Crippen molar-refractivity contribution in [2.24, 2.45) is 5.92 Å². The average Bonchev–Trinajstić information content (AvgIpc) is 3.09. The number of nitrogens with zero attached hydrogens (tertiary/aromatic N) is 2. The number of nitrogens with one attached hydrogen (secondary N) is 1. The summed E-state index contributed by atoms with van der Waals surface area (Å²) in [5, 5.41) is 12.8. The third kappa shape index (κ3) is 3.93. The summed E-state index contributed by atoms with van der Waals surface area (Å²) in [5.41, 5.74) is -0.754. The molecule has 106 valence electrons. The van der Waals surface area contributed by atoms with Crippen LogP contribution in [0.2, 0.25) is 0 Å². The lowest BCUT2D eigenvalue weighted by Gasteiger charge is -2.34. The smallest absolute Gasteiger partial charge is 0.325 e. The molecule has 0 aromatic heterocycles. The van der Waals surface area contributed by atoms with Crippen molar-refractivity contribution in [1.82, 2.24) is 15.1 Å². The van der Waals surface area contributed by atoms with Crippen LogP contribution >= 0.6 is 0 Å². The monoisotopic (exact) mass is 257 g/mol. The molecule has 1 unspecified atom stereocenters. The van der Waals surface area contributed by atoms with Crippen molar-refractivity contribution in [3.63, 3.8) is 0 Å². The maximum atomic E-state index is 11.7. The van der Waals surface area contributed by atoms with E-state index in [0.717, 1.165) is 25.9 Å². The molecule has 1 aliphatic carbocycles. The van der Waals surface area contributed by atoms with E-state index in [1.807, 2.05) is 28.1 Å². The predicted molar refractivity (Wildman–Crippen MR) is 72.8 cm³/mol. The summed E-state index contributed by atoms with van der Waals surface area (Å²) < 4.78 is 0. The van der Waals surface area contributed by atoms with E-state index in [1.165, 1.54) is 0 Å². The Morgan fingerprint density at radius 3 is 2.33 bits per heavy atom. The van der Waals surface area contributed by atoms with Crippen LogP contribution in [-0.2, 0) is 4.79 Å². The minimum Gasteiger partial charge on any atom is -0.480 e. The van der Waals surface area contributed by atoms with Crippen molar-refractivity contribution in [1.29, 1.82) is 0 Å². The van der Waals surface area contributed by atoms with Gasteiger partial charge in [-0.3, -0.25) is 4.79 Å². The van der Waals surface area contributed by atoms with Crippen LogP contribution < -0.4 is 5.32 Å². The summed E-state index contributed by atoms with van der Waals surface area (Å²) in [5.74, 6) is -0.416. The zero-order chi connectivity index (χ0) is 13.8. The van der Waals surface area contributed by atoms with Crippen molar-refractivity contribution in [3.05, 3.63) is 0 Å². The van der Waals surface area contributed by atoms with Gasteiger partial charge < -0.3 is 20.2 Å². The van der Waals surface area contributed by atoms with E-state index in [-0.39, 0.29) is 5.92 Å². The molecule has 1 atom stereocenters. The van der Waals surface area contributed by atoms with Gasteiger partial charge in [0.05, 0.1) is 0 Å². The van der Waals surface area contributed by atoms with Gasteiger partial charge in [0.25, 0.3) is 0 Å².